The number of thiazole rings is 1. The largest absolute Gasteiger partial charge is 0.433 e. The maximum Gasteiger partial charge on any atom is 0.433 e. The predicted molar refractivity (Wildman–Crippen MR) is 132 cm³/mol. The smallest absolute Gasteiger partial charge is 0.356 e. The molecule has 2 unspecified atom stereocenters. The van der Waals surface area contributed by atoms with Gasteiger partial charge >= 0.3 is 6.18 Å². The van der Waals surface area contributed by atoms with Crippen LogP contribution in [0.2, 0.25) is 0 Å². The van der Waals surface area contributed by atoms with E-state index in [1.54, 1.807) is 6.07 Å². The lowest BCUT2D eigenvalue weighted by Gasteiger charge is -2.34. The summed E-state index contributed by atoms with van der Waals surface area (Å²) in [6.07, 6.45) is -1.73. The lowest BCUT2D eigenvalue weighted by atomic mass is 10.0. The molecule has 2 aliphatic heterocycles. The highest BCUT2D eigenvalue weighted by molar-refractivity contribution is 7.93. The second-order valence-corrected chi connectivity index (χ2v) is 13.3. The van der Waals surface area contributed by atoms with Crippen molar-refractivity contribution in [2.45, 2.75) is 42.7 Å². The number of anilines is 2. The van der Waals surface area contributed by atoms with Gasteiger partial charge in [-0.3, -0.25) is 0 Å². The fourth-order valence-corrected chi connectivity index (χ4v) is 8.70. The molecule has 2 saturated heterocycles. The summed E-state index contributed by atoms with van der Waals surface area (Å²) in [7, 11) is -3.53. The van der Waals surface area contributed by atoms with Crippen LogP contribution in [-0.4, -0.2) is 54.8 Å². The molecule has 0 amide bonds. The first-order chi connectivity index (χ1) is 17.1. The average Bonchev–Trinajstić information content (AvgIpc) is 3.21. The van der Waals surface area contributed by atoms with Gasteiger partial charge in [-0.25, -0.2) is 18.4 Å². The molecule has 3 atom stereocenters. The minimum absolute atomic E-state index is 0.0104. The number of rotatable bonds is 5. The van der Waals surface area contributed by atoms with Crippen molar-refractivity contribution in [3.05, 3.63) is 36.0 Å². The molecule has 1 saturated carbocycles. The van der Waals surface area contributed by atoms with Crippen molar-refractivity contribution in [2.75, 3.05) is 35.2 Å². The Bertz CT molecular complexity index is 1370. The van der Waals surface area contributed by atoms with Gasteiger partial charge in [0, 0.05) is 31.7 Å². The molecule has 3 aliphatic rings. The van der Waals surface area contributed by atoms with E-state index in [9.17, 15) is 21.6 Å². The van der Waals surface area contributed by atoms with Crippen molar-refractivity contribution in [3.63, 3.8) is 0 Å². The van der Waals surface area contributed by atoms with Crippen LogP contribution in [-0.2, 0) is 16.0 Å². The van der Waals surface area contributed by atoms with Crippen molar-refractivity contribution >= 4 is 43.2 Å². The van der Waals surface area contributed by atoms with Gasteiger partial charge in [-0.05, 0) is 56.1 Å². The number of halogens is 3. The van der Waals surface area contributed by atoms with Crippen molar-refractivity contribution in [1.82, 2.24) is 15.0 Å². The summed E-state index contributed by atoms with van der Waals surface area (Å²) in [6.45, 7) is 3.62. The standard InChI is InChI=1S/C24H26F3N5O2S2/c1-14-6-4-5-9-32(14)22-29-20(24(25,26)27)10-21(30-22)31-11-15-16(12-31)17(15)13-36(33,34)23-28-18-7-2-3-8-19(18)35-23/h2-3,7-8,10,14-17H,4-6,9,11-13H2,1H3/t14-,15?,16?,17?/m0/s1. The van der Waals surface area contributed by atoms with E-state index in [0.717, 1.165) is 30.0 Å². The molecule has 3 aromatic rings. The minimum Gasteiger partial charge on any atom is -0.356 e. The molecule has 1 aromatic carbocycles. The number of alkyl halides is 3. The van der Waals surface area contributed by atoms with Gasteiger partial charge in [-0.1, -0.05) is 12.1 Å². The Morgan fingerprint density at radius 2 is 1.83 bits per heavy atom. The molecule has 192 valence electrons. The number of benzene rings is 1. The summed E-state index contributed by atoms with van der Waals surface area (Å²) < 4.78 is 68.0. The van der Waals surface area contributed by atoms with Gasteiger partial charge in [0.05, 0.1) is 16.0 Å². The van der Waals surface area contributed by atoms with Crippen LogP contribution in [0.5, 0.6) is 0 Å². The van der Waals surface area contributed by atoms with Gasteiger partial charge in [0.1, 0.15) is 5.82 Å². The summed E-state index contributed by atoms with van der Waals surface area (Å²) >= 11 is 1.18. The summed E-state index contributed by atoms with van der Waals surface area (Å²) in [5, 5.41) is 0. The van der Waals surface area contributed by atoms with Crippen molar-refractivity contribution in [2.24, 2.45) is 17.8 Å². The molecule has 0 radical (unpaired) electrons. The molecule has 0 spiro atoms. The number of sulfone groups is 1. The molecular weight excluding hydrogens is 511 g/mol. The highest BCUT2D eigenvalue weighted by atomic mass is 32.2. The van der Waals surface area contributed by atoms with Crippen LogP contribution in [0.3, 0.4) is 0 Å². The highest BCUT2D eigenvalue weighted by Crippen LogP contribution is 2.53. The zero-order chi connectivity index (χ0) is 25.2. The fraction of sp³-hybridized carbons (Fsp3) is 0.542. The predicted octanol–water partition coefficient (Wildman–Crippen LogP) is 4.64. The van der Waals surface area contributed by atoms with E-state index >= 15 is 0 Å². The average molecular weight is 538 g/mol. The molecule has 6 rings (SSSR count). The van der Waals surface area contributed by atoms with Gasteiger partial charge in [0.15, 0.2) is 5.69 Å². The number of hydrogen-bond acceptors (Lipinski definition) is 8. The molecule has 2 aromatic heterocycles. The summed E-state index contributed by atoms with van der Waals surface area (Å²) in [4.78, 5) is 16.4. The van der Waals surface area contributed by atoms with Crippen LogP contribution < -0.4 is 9.80 Å². The van der Waals surface area contributed by atoms with E-state index < -0.39 is 21.7 Å². The Hall–Kier alpha value is -2.47. The number of aromatic nitrogens is 3. The third-order valence-corrected chi connectivity index (χ3v) is 11.0. The molecule has 7 nitrogen and oxygen atoms in total. The minimum atomic E-state index is -4.57. The monoisotopic (exact) mass is 537 g/mol. The van der Waals surface area contributed by atoms with Crippen LogP contribution in [0.4, 0.5) is 24.9 Å². The van der Waals surface area contributed by atoms with Gasteiger partial charge in [-0.15, -0.1) is 11.3 Å². The van der Waals surface area contributed by atoms with E-state index in [4.69, 9.17) is 0 Å². The Morgan fingerprint density at radius 1 is 1.08 bits per heavy atom. The van der Waals surface area contributed by atoms with E-state index in [2.05, 4.69) is 15.0 Å². The first-order valence-electron chi connectivity index (χ1n) is 12.2. The van der Waals surface area contributed by atoms with E-state index in [0.29, 0.717) is 25.2 Å². The van der Waals surface area contributed by atoms with Crippen molar-refractivity contribution in [3.8, 4) is 0 Å². The number of nitrogens with zero attached hydrogens (tertiary/aromatic N) is 5. The third kappa shape index (κ3) is 4.31. The van der Waals surface area contributed by atoms with E-state index in [1.165, 1.54) is 11.3 Å². The molecule has 12 heteroatoms. The first-order valence-corrected chi connectivity index (χ1v) is 14.6. The van der Waals surface area contributed by atoms with E-state index in [-0.39, 0.29) is 45.7 Å². The first kappa shape index (κ1) is 23.9. The molecule has 1 aliphatic carbocycles. The maximum atomic E-state index is 13.7. The third-order valence-electron chi connectivity index (χ3n) is 7.70. The van der Waals surface area contributed by atoms with Gasteiger partial charge < -0.3 is 9.80 Å². The van der Waals surface area contributed by atoms with Crippen molar-refractivity contribution < 1.29 is 21.6 Å². The van der Waals surface area contributed by atoms with Gasteiger partial charge in [0.2, 0.25) is 20.1 Å². The lowest BCUT2D eigenvalue weighted by Crippen LogP contribution is -2.39. The van der Waals surface area contributed by atoms with Crippen LogP contribution in [0.25, 0.3) is 10.2 Å². The Kier molecular flexibility index (Phi) is 5.67. The number of para-hydroxylation sites is 1. The SMILES string of the molecule is C[C@H]1CCCCN1c1nc(N2CC3C(C2)C3CS(=O)(=O)c2nc3ccccc3s2)cc(C(F)(F)F)n1. The molecule has 36 heavy (non-hydrogen) atoms. The number of piperidine rings is 2. The molecular formula is C24H26F3N5O2S2. The molecule has 0 bridgehead atoms. The van der Waals surface area contributed by atoms with Gasteiger partial charge in [0.25, 0.3) is 0 Å². The Morgan fingerprint density at radius 3 is 2.53 bits per heavy atom. The van der Waals surface area contributed by atoms with Crippen LogP contribution in [0.15, 0.2) is 34.7 Å². The number of hydrogen-bond donors (Lipinski definition) is 0. The second kappa shape index (κ2) is 8.54. The normalized spacial score (nSPS) is 26.4. The highest BCUT2D eigenvalue weighted by Gasteiger charge is 2.57. The van der Waals surface area contributed by atoms with Gasteiger partial charge in [-0.2, -0.15) is 18.2 Å². The molecule has 4 heterocycles. The van der Waals surface area contributed by atoms with E-state index in [1.807, 2.05) is 34.9 Å². The Balaban J connectivity index is 1.19. The summed E-state index contributed by atoms with van der Waals surface area (Å²) in [6, 6.07) is 8.43. The maximum absolute atomic E-state index is 13.7. The number of fused-ring (bicyclic) bond motifs is 2. The Labute approximate surface area is 211 Å². The zero-order valence-corrected chi connectivity index (χ0v) is 21.3. The fourth-order valence-electron chi connectivity index (χ4n) is 5.65. The lowest BCUT2D eigenvalue weighted by molar-refractivity contribution is -0.141. The summed E-state index contributed by atoms with van der Waals surface area (Å²) in [5.74, 6) is 0.646. The molecule has 3 fully saturated rings. The van der Waals surface area contributed by atoms with Crippen LogP contribution >= 0.6 is 11.3 Å². The van der Waals surface area contributed by atoms with Crippen molar-refractivity contribution in [1.29, 1.82) is 0 Å². The molecule has 0 N–H and O–H groups in total. The summed E-state index contributed by atoms with van der Waals surface area (Å²) in [5.41, 5.74) is -0.262. The van der Waals surface area contributed by atoms with Crippen LogP contribution in [0, 0.1) is 17.8 Å². The van der Waals surface area contributed by atoms with Crippen LogP contribution in [0.1, 0.15) is 31.9 Å². The second-order valence-electron chi connectivity index (χ2n) is 10.1. The topological polar surface area (TPSA) is 79.3 Å². The zero-order valence-electron chi connectivity index (χ0n) is 19.6. The quantitative estimate of drug-likeness (QED) is 0.469.